The zero-order valence-electron chi connectivity index (χ0n) is 18.4. The van der Waals surface area contributed by atoms with Crippen LogP contribution in [0.5, 0.6) is 0 Å². The molecule has 2 aromatic heterocycles. The number of benzene rings is 1. The monoisotopic (exact) mass is 405 g/mol. The number of para-hydroxylation sites is 2. The fourth-order valence-electron chi connectivity index (χ4n) is 4.08. The van der Waals surface area contributed by atoms with Gasteiger partial charge in [-0.15, -0.1) is 0 Å². The Hall–Kier alpha value is -2.89. The zero-order chi connectivity index (χ0) is 21.3. The van der Waals surface area contributed by atoms with Gasteiger partial charge in [-0.1, -0.05) is 26.0 Å². The van der Waals surface area contributed by atoms with Gasteiger partial charge in [0, 0.05) is 24.8 Å². The highest BCUT2D eigenvalue weighted by Gasteiger charge is 2.21. The second-order valence-corrected chi connectivity index (χ2v) is 8.69. The number of piperidine rings is 1. The number of nitrogens with zero attached hydrogens (tertiary/aromatic N) is 4. The smallest absolute Gasteiger partial charge is 0.256 e. The van der Waals surface area contributed by atoms with Crippen molar-refractivity contribution in [1.29, 1.82) is 0 Å². The third-order valence-corrected chi connectivity index (χ3v) is 5.76. The molecule has 0 atom stereocenters. The lowest BCUT2D eigenvalue weighted by atomic mass is 10.0. The first-order valence-electron chi connectivity index (χ1n) is 11.0. The molecule has 4 rings (SSSR count). The molecule has 1 amide bonds. The van der Waals surface area contributed by atoms with Gasteiger partial charge < -0.3 is 10.2 Å². The molecule has 1 aliphatic rings. The highest BCUT2D eigenvalue weighted by Crippen LogP contribution is 2.30. The number of nitrogens with one attached hydrogen (secondary N) is 1. The predicted octanol–water partition coefficient (Wildman–Crippen LogP) is 5.38. The Balaban J connectivity index is 1.72. The number of pyridine rings is 1. The van der Waals surface area contributed by atoms with E-state index in [9.17, 15) is 4.79 Å². The van der Waals surface area contributed by atoms with E-state index in [1.807, 2.05) is 28.9 Å². The summed E-state index contributed by atoms with van der Waals surface area (Å²) >= 11 is 0. The molecule has 0 bridgehead atoms. The quantitative estimate of drug-likeness (QED) is 0.619. The van der Waals surface area contributed by atoms with Gasteiger partial charge >= 0.3 is 0 Å². The molecule has 1 fully saturated rings. The largest absolute Gasteiger partial charge is 0.370 e. The standard InChI is InChI=1S/C24H31N5O/c1-16(2)21-14-18(19-15-25-29(17(3)4)23(19)26-21)24(30)27-20-10-6-7-11-22(20)28-12-8-5-9-13-28/h6-7,10-11,14-17H,5,8-9,12-13H2,1-4H3,(H,27,30). The van der Waals surface area contributed by atoms with Gasteiger partial charge in [0.25, 0.3) is 5.91 Å². The van der Waals surface area contributed by atoms with Crippen molar-refractivity contribution in [2.24, 2.45) is 0 Å². The van der Waals surface area contributed by atoms with Crippen LogP contribution in [0.1, 0.15) is 75.0 Å². The van der Waals surface area contributed by atoms with Crippen molar-refractivity contribution in [2.45, 2.75) is 58.9 Å². The van der Waals surface area contributed by atoms with Crippen LogP contribution in [0.2, 0.25) is 0 Å². The molecule has 1 N–H and O–H groups in total. The van der Waals surface area contributed by atoms with Crippen LogP contribution in [0.3, 0.4) is 0 Å². The average molecular weight is 406 g/mol. The van der Waals surface area contributed by atoms with Crippen LogP contribution in [-0.2, 0) is 0 Å². The van der Waals surface area contributed by atoms with E-state index in [0.717, 1.165) is 41.2 Å². The normalized spacial score (nSPS) is 14.7. The van der Waals surface area contributed by atoms with Crippen molar-refractivity contribution in [1.82, 2.24) is 14.8 Å². The number of carbonyl (C=O) groups excluding carboxylic acids is 1. The summed E-state index contributed by atoms with van der Waals surface area (Å²) < 4.78 is 1.89. The molecule has 1 aliphatic heterocycles. The lowest BCUT2D eigenvalue weighted by molar-refractivity contribution is 0.102. The van der Waals surface area contributed by atoms with E-state index >= 15 is 0 Å². The fraction of sp³-hybridized carbons (Fsp3) is 0.458. The molecule has 6 nitrogen and oxygen atoms in total. The van der Waals surface area contributed by atoms with Crippen LogP contribution in [-0.4, -0.2) is 33.8 Å². The van der Waals surface area contributed by atoms with E-state index < -0.39 is 0 Å². The molecule has 6 heteroatoms. The van der Waals surface area contributed by atoms with Gasteiger partial charge in [0.05, 0.1) is 28.5 Å². The van der Waals surface area contributed by atoms with E-state index in [2.05, 4.69) is 49.1 Å². The van der Waals surface area contributed by atoms with Gasteiger partial charge in [-0.3, -0.25) is 4.79 Å². The molecule has 30 heavy (non-hydrogen) atoms. The van der Waals surface area contributed by atoms with Gasteiger partial charge in [0.1, 0.15) is 0 Å². The highest BCUT2D eigenvalue weighted by molar-refractivity contribution is 6.13. The molecule has 3 heterocycles. The van der Waals surface area contributed by atoms with E-state index in [1.54, 1.807) is 6.20 Å². The average Bonchev–Trinajstić information content (AvgIpc) is 3.18. The van der Waals surface area contributed by atoms with Gasteiger partial charge in [0.2, 0.25) is 0 Å². The molecular formula is C24H31N5O. The predicted molar refractivity (Wildman–Crippen MR) is 122 cm³/mol. The van der Waals surface area contributed by atoms with Gasteiger partial charge in [0.15, 0.2) is 5.65 Å². The Bertz CT molecular complexity index is 1050. The van der Waals surface area contributed by atoms with Gasteiger partial charge in [-0.25, -0.2) is 9.67 Å². The number of carbonyl (C=O) groups is 1. The third-order valence-electron chi connectivity index (χ3n) is 5.76. The minimum absolute atomic E-state index is 0.114. The second-order valence-electron chi connectivity index (χ2n) is 8.69. The van der Waals surface area contributed by atoms with Crippen molar-refractivity contribution >= 4 is 28.3 Å². The van der Waals surface area contributed by atoms with Crippen molar-refractivity contribution in [3.05, 3.63) is 47.8 Å². The SMILES string of the molecule is CC(C)c1cc(C(=O)Nc2ccccc2N2CCCCC2)c2cnn(C(C)C)c2n1. The van der Waals surface area contributed by atoms with Crippen molar-refractivity contribution in [3.8, 4) is 0 Å². The molecule has 0 unspecified atom stereocenters. The lowest BCUT2D eigenvalue weighted by Gasteiger charge is -2.30. The van der Waals surface area contributed by atoms with Crippen LogP contribution in [0.4, 0.5) is 11.4 Å². The Kier molecular flexibility index (Phi) is 5.75. The summed E-state index contributed by atoms with van der Waals surface area (Å²) in [5, 5.41) is 8.47. The van der Waals surface area contributed by atoms with E-state index in [1.165, 1.54) is 19.3 Å². The molecule has 1 saturated heterocycles. The molecule has 0 aliphatic carbocycles. The van der Waals surface area contributed by atoms with Gasteiger partial charge in [-0.2, -0.15) is 5.10 Å². The van der Waals surface area contributed by atoms with Crippen LogP contribution in [0.15, 0.2) is 36.5 Å². The molecule has 0 spiro atoms. The third kappa shape index (κ3) is 3.91. The fourth-order valence-corrected chi connectivity index (χ4v) is 4.08. The number of hydrogen-bond acceptors (Lipinski definition) is 4. The summed E-state index contributed by atoms with van der Waals surface area (Å²) in [5.74, 6) is 0.106. The molecule has 1 aromatic carbocycles. The number of amides is 1. The Morgan fingerprint density at radius 1 is 1.07 bits per heavy atom. The van der Waals surface area contributed by atoms with Crippen molar-refractivity contribution in [3.63, 3.8) is 0 Å². The molecular weight excluding hydrogens is 374 g/mol. The summed E-state index contributed by atoms with van der Waals surface area (Å²) in [6.07, 6.45) is 5.43. The summed E-state index contributed by atoms with van der Waals surface area (Å²) in [7, 11) is 0. The van der Waals surface area contributed by atoms with E-state index in [-0.39, 0.29) is 17.9 Å². The number of hydrogen-bond donors (Lipinski definition) is 1. The summed E-state index contributed by atoms with van der Waals surface area (Å²) in [6.45, 7) is 10.4. The van der Waals surface area contributed by atoms with Crippen molar-refractivity contribution < 1.29 is 4.79 Å². The number of fused-ring (bicyclic) bond motifs is 1. The molecule has 0 radical (unpaired) electrons. The van der Waals surface area contributed by atoms with Crippen molar-refractivity contribution in [2.75, 3.05) is 23.3 Å². The Morgan fingerprint density at radius 2 is 1.80 bits per heavy atom. The highest BCUT2D eigenvalue weighted by atomic mass is 16.1. The topological polar surface area (TPSA) is 63.1 Å². The summed E-state index contributed by atoms with van der Waals surface area (Å²) in [4.78, 5) is 20.6. The first kappa shape index (κ1) is 20.4. The molecule has 158 valence electrons. The number of aromatic nitrogens is 3. The lowest BCUT2D eigenvalue weighted by Crippen LogP contribution is -2.30. The first-order valence-corrected chi connectivity index (χ1v) is 11.0. The number of rotatable bonds is 5. The minimum Gasteiger partial charge on any atom is -0.370 e. The van der Waals surface area contributed by atoms with E-state index in [4.69, 9.17) is 4.98 Å². The summed E-state index contributed by atoms with van der Waals surface area (Å²) in [5.41, 5.74) is 4.25. The van der Waals surface area contributed by atoms with Crippen LogP contribution >= 0.6 is 0 Å². The van der Waals surface area contributed by atoms with Crippen LogP contribution < -0.4 is 10.2 Å². The molecule has 3 aromatic rings. The Morgan fingerprint density at radius 3 is 2.50 bits per heavy atom. The maximum Gasteiger partial charge on any atom is 0.256 e. The maximum atomic E-state index is 13.4. The van der Waals surface area contributed by atoms with Crippen LogP contribution in [0, 0.1) is 0 Å². The number of anilines is 2. The minimum atomic E-state index is -0.114. The first-order chi connectivity index (χ1) is 14.5. The van der Waals surface area contributed by atoms with Crippen LogP contribution in [0.25, 0.3) is 11.0 Å². The van der Waals surface area contributed by atoms with Gasteiger partial charge in [-0.05, 0) is 57.2 Å². The summed E-state index contributed by atoms with van der Waals surface area (Å²) in [6, 6.07) is 10.2. The zero-order valence-corrected chi connectivity index (χ0v) is 18.4. The maximum absolute atomic E-state index is 13.4. The Labute approximate surface area is 178 Å². The molecule has 0 saturated carbocycles. The second kappa shape index (κ2) is 8.46. The van der Waals surface area contributed by atoms with E-state index in [0.29, 0.717) is 5.56 Å².